The molecule has 0 aromatic carbocycles. The van der Waals surface area contributed by atoms with Gasteiger partial charge in [0.2, 0.25) is 0 Å². The maximum Gasteiger partial charge on any atom is 0.330 e. The average molecular weight is 452 g/mol. The molecule has 0 aliphatic carbocycles. The van der Waals surface area contributed by atoms with Crippen LogP contribution in [0.3, 0.4) is 0 Å². The Morgan fingerprint density at radius 2 is 1.16 bits per heavy atom. The van der Waals surface area contributed by atoms with Crippen molar-refractivity contribution in [3.8, 4) is 0 Å². The van der Waals surface area contributed by atoms with Crippen LogP contribution in [0.5, 0.6) is 0 Å². The summed E-state index contributed by atoms with van der Waals surface area (Å²) in [7, 11) is 0. The van der Waals surface area contributed by atoms with E-state index in [2.05, 4.69) is 9.97 Å². The van der Waals surface area contributed by atoms with Gasteiger partial charge < -0.3 is 19.7 Å². The van der Waals surface area contributed by atoms with Gasteiger partial charge in [-0.2, -0.15) is 0 Å². The van der Waals surface area contributed by atoms with Gasteiger partial charge in [-0.05, 0) is 39.5 Å². The Hall–Kier alpha value is -2.80. The van der Waals surface area contributed by atoms with E-state index in [-0.39, 0.29) is 49.0 Å². The third-order valence-electron chi connectivity index (χ3n) is 5.49. The van der Waals surface area contributed by atoms with Gasteiger partial charge >= 0.3 is 11.4 Å². The van der Waals surface area contributed by atoms with Crippen LogP contribution in [0.2, 0.25) is 0 Å². The molecular formula is C20H28N4O8. The fourth-order valence-electron chi connectivity index (χ4n) is 3.65. The van der Waals surface area contributed by atoms with Crippen LogP contribution in [0.25, 0.3) is 0 Å². The zero-order chi connectivity index (χ0) is 23.4. The molecule has 176 valence electrons. The summed E-state index contributed by atoms with van der Waals surface area (Å²) in [6, 6.07) is 0. The molecule has 0 bridgehead atoms. The lowest BCUT2D eigenvalue weighted by Crippen LogP contribution is -2.33. The summed E-state index contributed by atoms with van der Waals surface area (Å²) >= 11 is 0. The number of aromatic amines is 2. The summed E-state index contributed by atoms with van der Waals surface area (Å²) < 4.78 is 13.7. The highest BCUT2D eigenvalue weighted by Crippen LogP contribution is 2.27. The van der Waals surface area contributed by atoms with Crippen molar-refractivity contribution >= 4 is 0 Å². The molecule has 2 aromatic rings. The molecule has 4 heterocycles. The van der Waals surface area contributed by atoms with Crippen molar-refractivity contribution in [1.82, 2.24) is 19.1 Å². The summed E-state index contributed by atoms with van der Waals surface area (Å²) in [6.45, 7) is 3.17. The molecule has 2 fully saturated rings. The predicted molar refractivity (Wildman–Crippen MR) is 113 cm³/mol. The van der Waals surface area contributed by atoms with Crippen LogP contribution in [-0.2, 0) is 9.47 Å². The molecule has 2 aromatic heterocycles. The van der Waals surface area contributed by atoms with Crippen molar-refractivity contribution in [2.45, 2.75) is 64.2 Å². The smallest absolute Gasteiger partial charge is 0.330 e. The van der Waals surface area contributed by atoms with E-state index in [1.807, 2.05) is 0 Å². The normalized spacial score (nSPS) is 24.9. The van der Waals surface area contributed by atoms with Crippen molar-refractivity contribution < 1.29 is 19.7 Å². The molecule has 2 aliphatic heterocycles. The largest absolute Gasteiger partial charge is 0.394 e. The van der Waals surface area contributed by atoms with Crippen molar-refractivity contribution in [1.29, 1.82) is 0 Å². The van der Waals surface area contributed by atoms with Crippen LogP contribution in [0.1, 0.15) is 49.3 Å². The van der Waals surface area contributed by atoms with Crippen LogP contribution in [-0.4, -0.2) is 54.7 Å². The first-order valence-electron chi connectivity index (χ1n) is 10.4. The lowest BCUT2D eigenvalue weighted by atomic mass is 10.2. The van der Waals surface area contributed by atoms with Gasteiger partial charge in [0.15, 0.2) is 0 Å². The monoisotopic (exact) mass is 452 g/mol. The molecule has 4 atom stereocenters. The Morgan fingerprint density at radius 3 is 1.47 bits per heavy atom. The molecular weight excluding hydrogens is 424 g/mol. The summed E-state index contributed by atoms with van der Waals surface area (Å²) in [5, 5.41) is 17.9. The molecule has 0 unspecified atom stereocenters. The third-order valence-corrected chi connectivity index (χ3v) is 5.49. The minimum Gasteiger partial charge on any atom is -0.394 e. The SMILES string of the molecule is Cc1cn([C@H]2CC[C@@H](CO)O2)c(=O)[nH]c1=O.Cc1cn([C@H]2CC[C@@H](CO)O2)c(=O)[nH]c1=O. The number of nitrogens with one attached hydrogen (secondary N) is 2. The minimum atomic E-state index is -0.473. The number of aromatic nitrogens is 4. The van der Waals surface area contributed by atoms with E-state index < -0.39 is 11.4 Å². The van der Waals surface area contributed by atoms with Crippen LogP contribution >= 0.6 is 0 Å². The van der Waals surface area contributed by atoms with Crippen LogP contribution in [0, 0.1) is 13.8 Å². The average Bonchev–Trinajstić information content (AvgIpc) is 3.43. The Balaban J connectivity index is 0.000000181. The van der Waals surface area contributed by atoms with Gasteiger partial charge in [0.25, 0.3) is 11.1 Å². The Labute approximate surface area is 182 Å². The zero-order valence-corrected chi connectivity index (χ0v) is 17.9. The number of nitrogens with zero attached hydrogens (tertiary/aromatic N) is 2. The minimum absolute atomic E-state index is 0.0480. The van der Waals surface area contributed by atoms with Gasteiger partial charge in [-0.25, -0.2) is 9.59 Å². The molecule has 0 spiro atoms. The molecule has 4 N–H and O–H groups in total. The molecule has 2 saturated heterocycles. The van der Waals surface area contributed by atoms with E-state index in [0.29, 0.717) is 36.8 Å². The predicted octanol–water partition coefficient (Wildman–Crippen LogP) is -0.970. The lowest BCUT2D eigenvalue weighted by Gasteiger charge is -2.14. The number of hydrogen-bond acceptors (Lipinski definition) is 8. The highest BCUT2D eigenvalue weighted by atomic mass is 16.5. The molecule has 4 rings (SSSR count). The number of aliphatic hydroxyl groups is 2. The first-order chi connectivity index (χ1) is 15.2. The number of hydrogen-bond donors (Lipinski definition) is 4. The summed E-state index contributed by atoms with van der Waals surface area (Å²) in [5.74, 6) is 0. The quantitative estimate of drug-likeness (QED) is 0.459. The Morgan fingerprint density at radius 1 is 0.781 bits per heavy atom. The van der Waals surface area contributed by atoms with Crippen molar-refractivity contribution in [2.75, 3.05) is 13.2 Å². The van der Waals surface area contributed by atoms with Gasteiger partial charge in [0, 0.05) is 23.5 Å². The maximum absolute atomic E-state index is 11.5. The Kier molecular flexibility index (Phi) is 7.61. The van der Waals surface area contributed by atoms with Crippen molar-refractivity contribution in [3.05, 3.63) is 65.2 Å². The summed E-state index contributed by atoms with van der Waals surface area (Å²) in [6.07, 6.45) is 4.52. The molecule has 0 saturated carbocycles. The van der Waals surface area contributed by atoms with Crippen LogP contribution in [0.15, 0.2) is 31.6 Å². The van der Waals surface area contributed by atoms with Crippen LogP contribution in [0.4, 0.5) is 0 Å². The van der Waals surface area contributed by atoms with E-state index in [9.17, 15) is 19.2 Å². The Bertz CT molecular complexity index is 1070. The standard InChI is InChI=1S/2C10H14N2O4/c2*1-6-4-12(10(15)11-9(6)14)8-3-2-7(5-13)16-8/h2*4,7-8,13H,2-3,5H2,1H3,(H,11,14,15)/t2*7-,8+/m00/s1. The fourth-order valence-corrected chi connectivity index (χ4v) is 3.65. The molecule has 12 heteroatoms. The van der Waals surface area contributed by atoms with Gasteiger partial charge in [0.05, 0.1) is 25.4 Å². The lowest BCUT2D eigenvalue weighted by molar-refractivity contribution is -0.0247. The summed E-state index contributed by atoms with van der Waals surface area (Å²) in [5.41, 5.74) is -0.763. The van der Waals surface area contributed by atoms with E-state index in [1.54, 1.807) is 13.8 Å². The van der Waals surface area contributed by atoms with E-state index in [4.69, 9.17) is 19.7 Å². The van der Waals surface area contributed by atoms with Crippen LogP contribution < -0.4 is 22.5 Å². The van der Waals surface area contributed by atoms with Crippen molar-refractivity contribution in [3.63, 3.8) is 0 Å². The van der Waals surface area contributed by atoms with Gasteiger partial charge in [-0.15, -0.1) is 0 Å². The maximum atomic E-state index is 11.5. The highest BCUT2D eigenvalue weighted by molar-refractivity contribution is 5.02. The van der Waals surface area contributed by atoms with Crippen molar-refractivity contribution in [2.24, 2.45) is 0 Å². The first-order valence-corrected chi connectivity index (χ1v) is 10.4. The molecule has 12 nitrogen and oxygen atoms in total. The van der Waals surface area contributed by atoms with E-state index in [0.717, 1.165) is 0 Å². The van der Waals surface area contributed by atoms with E-state index >= 15 is 0 Å². The molecule has 0 radical (unpaired) electrons. The zero-order valence-electron chi connectivity index (χ0n) is 17.9. The van der Waals surface area contributed by atoms with Gasteiger partial charge in [-0.1, -0.05) is 0 Å². The number of aliphatic hydroxyl groups excluding tert-OH is 2. The second-order valence-corrected chi connectivity index (χ2v) is 7.90. The second-order valence-electron chi connectivity index (χ2n) is 7.90. The number of rotatable bonds is 4. The first kappa shape index (κ1) is 23.9. The molecule has 32 heavy (non-hydrogen) atoms. The topological polar surface area (TPSA) is 169 Å². The van der Waals surface area contributed by atoms with Gasteiger partial charge in [0.1, 0.15) is 12.5 Å². The fraction of sp³-hybridized carbons (Fsp3) is 0.600. The second kappa shape index (κ2) is 10.2. The highest BCUT2D eigenvalue weighted by Gasteiger charge is 2.27. The number of H-pyrrole nitrogens is 2. The summed E-state index contributed by atoms with van der Waals surface area (Å²) in [4.78, 5) is 49.9. The third kappa shape index (κ3) is 5.33. The number of ether oxygens (including phenoxy) is 2. The van der Waals surface area contributed by atoms with Gasteiger partial charge in [-0.3, -0.25) is 28.7 Å². The molecule has 0 amide bonds. The van der Waals surface area contributed by atoms with E-state index in [1.165, 1.54) is 21.5 Å². The number of aryl methyl sites for hydroxylation is 2. The molecule has 2 aliphatic rings.